The molecule has 30 heavy (non-hydrogen) atoms. The lowest BCUT2D eigenvalue weighted by atomic mass is 10.1. The van der Waals surface area contributed by atoms with Crippen LogP contribution in [0.2, 0.25) is 0 Å². The fourth-order valence-electron chi connectivity index (χ4n) is 2.79. The number of nitrogens with zero attached hydrogens (tertiary/aromatic N) is 3. The summed E-state index contributed by atoms with van der Waals surface area (Å²) in [5.41, 5.74) is 4.23. The van der Waals surface area contributed by atoms with E-state index in [4.69, 9.17) is 4.74 Å². The number of nitrogens with one attached hydrogen (secondary N) is 1. The molecule has 0 aliphatic heterocycles. The number of ketones is 1. The van der Waals surface area contributed by atoms with Crippen molar-refractivity contribution in [2.75, 3.05) is 5.32 Å². The Bertz CT molecular complexity index is 1150. The summed E-state index contributed by atoms with van der Waals surface area (Å²) >= 11 is 1.52. The molecular formula is C22H18N4O3S. The van der Waals surface area contributed by atoms with Gasteiger partial charge in [-0.3, -0.25) is 9.59 Å². The second-order valence-corrected chi connectivity index (χ2v) is 7.23. The maximum atomic E-state index is 12.5. The molecular weight excluding hydrogens is 400 g/mol. The molecule has 0 aliphatic carbocycles. The van der Waals surface area contributed by atoms with Gasteiger partial charge in [0.2, 0.25) is 5.78 Å². The van der Waals surface area contributed by atoms with Crippen LogP contribution in [0.5, 0.6) is 5.75 Å². The molecule has 7 nitrogen and oxygen atoms in total. The van der Waals surface area contributed by atoms with E-state index in [1.807, 2.05) is 5.38 Å². The van der Waals surface area contributed by atoms with Gasteiger partial charge in [-0.05, 0) is 48.5 Å². The largest absolute Gasteiger partial charge is 0.487 e. The van der Waals surface area contributed by atoms with E-state index in [-0.39, 0.29) is 11.7 Å². The molecule has 2 aromatic carbocycles. The minimum absolute atomic E-state index is 0.173. The van der Waals surface area contributed by atoms with Crippen molar-refractivity contribution in [3.8, 4) is 5.75 Å². The van der Waals surface area contributed by atoms with Crippen LogP contribution in [0.25, 0.3) is 0 Å². The van der Waals surface area contributed by atoms with Gasteiger partial charge < -0.3 is 14.6 Å². The van der Waals surface area contributed by atoms with Crippen LogP contribution in [-0.2, 0) is 13.7 Å². The number of ether oxygens (including phenoxy) is 1. The van der Waals surface area contributed by atoms with Gasteiger partial charge in [-0.2, -0.15) is 0 Å². The molecule has 0 spiro atoms. The molecule has 1 amide bonds. The van der Waals surface area contributed by atoms with Gasteiger partial charge >= 0.3 is 0 Å². The average Bonchev–Trinajstić information content (AvgIpc) is 3.44. The maximum absolute atomic E-state index is 12.5. The third-order valence-electron chi connectivity index (χ3n) is 4.42. The second kappa shape index (κ2) is 8.71. The van der Waals surface area contributed by atoms with E-state index in [2.05, 4.69) is 15.3 Å². The maximum Gasteiger partial charge on any atom is 0.255 e. The fraction of sp³-hybridized carbons (Fsp3) is 0.0909. The van der Waals surface area contributed by atoms with Gasteiger partial charge in [-0.15, -0.1) is 11.3 Å². The topological polar surface area (TPSA) is 86.1 Å². The van der Waals surface area contributed by atoms with E-state index in [1.165, 1.54) is 11.3 Å². The van der Waals surface area contributed by atoms with Crippen molar-refractivity contribution in [2.45, 2.75) is 6.61 Å². The molecule has 2 heterocycles. The molecule has 0 saturated heterocycles. The minimum Gasteiger partial charge on any atom is -0.487 e. The first-order valence-corrected chi connectivity index (χ1v) is 10.1. The van der Waals surface area contributed by atoms with Gasteiger partial charge in [0, 0.05) is 41.6 Å². The molecule has 0 bridgehead atoms. The number of hydrogen-bond acceptors (Lipinski definition) is 6. The van der Waals surface area contributed by atoms with Crippen LogP contribution in [0.4, 0.5) is 5.69 Å². The number of thiazole rings is 1. The highest BCUT2D eigenvalue weighted by Crippen LogP contribution is 2.17. The number of aryl methyl sites for hydroxylation is 1. The van der Waals surface area contributed by atoms with E-state index >= 15 is 0 Å². The summed E-state index contributed by atoms with van der Waals surface area (Å²) in [5.74, 6) is 0.610. The standard InChI is InChI=1S/C22H18N4O3S/c1-26-11-10-23-21(26)20(27)15-2-6-17(7-3-15)25-22(28)16-4-8-19(9-5-16)29-12-18-13-30-14-24-18/h2-11,13-14H,12H2,1H3,(H,25,28). The van der Waals surface area contributed by atoms with Gasteiger partial charge in [0.15, 0.2) is 5.82 Å². The Morgan fingerprint density at radius 2 is 1.77 bits per heavy atom. The Morgan fingerprint density at radius 3 is 2.40 bits per heavy atom. The lowest BCUT2D eigenvalue weighted by molar-refractivity contribution is 0.102. The Labute approximate surface area is 177 Å². The molecule has 150 valence electrons. The molecule has 0 radical (unpaired) electrons. The van der Waals surface area contributed by atoms with Crippen molar-refractivity contribution >= 4 is 28.7 Å². The van der Waals surface area contributed by atoms with Crippen LogP contribution in [0, 0.1) is 0 Å². The predicted octanol–water partition coefficient (Wildman–Crippen LogP) is 3.94. The van der Waals surface area contributed by atoms with Crippen LogP contribution in [0.15, 0.2) is 71.8 Å². The highest BCUT2D eigenvalue weighted by molar-refractivity contribution is 7.07. The molecule has 0 atom stereocenters. The summed E-state index contributed by atoms with van der Waals surface area (Å²) in [6.45, 7) is 0.387. The minimum atomic E-state index is -0.246. The van der Waals surface area contributed by atoms with E-state index in [0.717, 1.165) is 5.69 Å². The van der Waals surface area contributed by atoms with Crippen molar-refractivity contribution in [3.63, 3.8) is 0 Å². The lowest BCUT2D eigenvalue weighted by Crippen LogP contribution is -2.12. The fourth-order valence-corrected chi connectivity index (χ4v) is 3.33. The molecule has 0 saturated carbocycles. The van der Waals surface area contributed by atoms with Gasteiger partial charge in [-0.25, -0.2) is 9.97 Å². The SMILES string of the molecule is Cn1ccnc1C(=O)c1ccc(NC(=O)c2ccc(OCc3cscn3)cc2)cc1. The van der Waals surface area contributed by atoms with E-state index in [9.17, 15) is 9.59 Å². The number of amides is 1. The summed E-state index contributed by atoms with van der Waals surface area (Å²) in [6.07, 6.45) is 3.30. The Morgan fingerprint density at radius 1 is 1.03 bits per heavy atom. The van der Waals surface area contributed by atoms with Crippen LogP contribution in [0.1, 0.15) is 32.2 Å². The number of carbonyl (C=O) groups excluding carboxylic acids is 2. The molecule has 8 heteroatoms. The summed E-state index contributed by atoms with van der Waals surface area (Å²) in [6, 6.07) is 13.6. The number of imidazole rings is 1. The van der Waals surface area contributed by atoms with E-state index in [0.29, 0.717) is 35.0 Å². The monoisotopic (exact) mass is 418 g/mol. The zero-order valence-electron chi connectivity index (χ0n) is 16.1. The van der Waals surface area contributed by atoms with E-state index in [1.54, 1.807) is 78.0 Å². The van der Waals surface area contributed by atoms with Gasteiger partial charge in [0.25, 0.3) is 5.91 Å². The van der Waals surface area contributed by atoms with Crippen molar-refractivity contribution in [1.82, 2.24) is 14.5 Å². The quantitative estimate of drug-likeness (QED) is 0.460. The van der Waals surface area contributed by atoms with E-state index < -0.39 is 0 Å². The molecule has 2 aromatic heterocycles. The Balaban J connectivity index is 1.36. The number of benzene rings is 2. The van der Waals surface area contributed by atoms with Crippen LogP contribution in [0.3, 0.4) is 0 Å². The smallest absolute Gasteiger partial charge is 0.255 e. The summed E-state index contributed by atoms with van der Waals surface area (Å²) in [5, 5.41) is 4.75. The highest BCUT2D eigenvalue weighted by atomic mass is 32.1. The number of anilines is 1. The van der Waals surface area contributed by atoms with Gasteiger partial charge in [0.1, 0.15) is 12.4 Å². The van der Waals surface area contributed by atoms with Crippen LogP contribution in [-0.4, -0.2) is 26.2 Å². The highest BCUT2D eigenvalue weighted by Gasteiger charge is 2.14. The van der Waals surface area contributed by atoms with Crippen molar-refractivity contribution < 1.29 is 14.3 Å². The first-order chi connectivity index (χ1) is 14.6. The second-order valence-electron chi connectivity index (χ2n) is 6.52. The predicted molar refractivity (Wildman–Crippen MR) is 114 cm³/mol. The number of carbonyl (C=O) groups is 2. The van der Waals surface area contributed by atoms with Crippen molar-refractivity contribution in [3.05, 3.63) is 94.5 Å². The van der Waals surface area contributed by atoms with Gasteiger partial charge in [0.05, 0.1) is 11.2 Å². The number of hydrogen-bond donors (Lipinski definition) is 1. The average molecular weight is 418 g/mol. The normalized spacial score (nSPS) is 10.6. The van der Waals surface area contributed by atoms with Crippen LogP contribution < -0.4 is 10.1 Å². The zero-order chi connectivity index (χ0) is 20.9. The zero-order valence-corrected chi connectivity index (χ0v) is 16.9. The number of rotatable bonds is 7. The third kappa shape index (κ3) is 4.44. The van der Waals surface area contributed by atoms with Gasteiger partial charge in [-0.1, -0.05) is 0 Å². The summed E-state index contributed by atoms with van der Waals surface area (Å²) in [4.78, 5) is 33.2. The first kappa shape index (κ1) is 19.5. The first-order valence-electron chi connectivity index (χ1n) is 9.13. The molecule has 4 aromatic rings. The third-order valence-corrected chi connectivity index (χ3v) is 5.05. The summed E-state index contributed by atoms with van der Waals surface area (Å²) in [7, 11) is 1.77. The van der Waals surface area contributed by atoms with Crippen LogP contribution >= 0.6 is 11.3 Å². The lowest BCUT2D eigenvalue weighted by Gasteiger charge is -2.08. The molecule has 1 N–H and O–H groups in total. The molecule has 0 unspecified atom stereocenters. The molecule has 4 rings (SSSR count). The Hall–Kier alpha value is -3.78. The molecule has 0 aliphatic rings. The Kier molecular flexibility index (Phi) is 5.67. The molecule has 0 fully saturated rings. The summed E-state index contributed by atoms with van der Waals surface area (Å²) < 4.78 is 7.32. The van der Waals surface area contributed by atoms with Crippen molar-refractivity contribution in [1.29, 1.82) is 0 Å². The number of aromatic nitrogens is 3. The van der Waals surface area contributed by atoms with Crippen molar-refractivity contribution in [2.24, 2.45) is 7.05 Å².